The van der Waals surface area contributed by atoms with Crippen LogP contribution in [-0.4, -0.2) is 58.2 Å². The molecule has 0 spiro atoms. The lowest BCUT2D eigenvalue weighted by Crippen LogP contribution is -2.51. The number of urea groups is 1. The van der Waals surface area contributed by atoms with Crippen molar-refractivity contribution in [3.63, 3.8) is 0 Å². The molecule has 1 aromatic carbocycles. The molecule has 0 unspecified atom stereocenters. The van der Waals surface area contributed by atoms with Crippen LogP contribution >= 0.6 is 0 Å². The molecule has 1 fully saturated rings. The second-order valence-corrected chi connectivity index (χ2v) is 6.03. The molecule has 0 atom stereocenters. The van der Waals surface area contributed by atoms with E-state index in [1.54, 1.807) is 9.80 Å². The lowest BCUT2D eigenvalue weighted by atomic mass is 10.1. The van der Waals surface area contributed by atoms with Gasteiger partial charge in [0.1, 0.15) is 0 Å². The van der Waals surface area contributed by atoms with E-state index < -0.39 is 0 Å². The fourth-order valence-electron chi connectivity index (χ4n) is 2.67. The number of nitrogens with two attached hydrogens (primary N) is 1. The van der Waals surface area contributed by atoms with Gasteiger partial charge >= 0.3 is 6.03 Å². The number of carbonyl (C=O) groups is 2. The Hall–Kier alpha value is -3.10. The average Bonchev–Trinajstić information content (AvgIpc) is 3.03. The molecule has 0 aliphatic carbocycles. The van der Waals surface area contributed by atoms with Gasteiger partial charge in [-0.15, -0.1) is 0 Å². The molecule has 1 aliphatic rings. The number of piperazine rings is 1. The molecule has 0 bridgehead atoms. The fraction of sp³-hybridized carbons (Fsp3) is 0.375. The molecule has 3 amide bonds. The summed E-state index contributed by atoms with van der Waals surface area (Å²) in [7, 11) is 0. The Morgan fingerprint density at radius 1 is 1.12 bits per heavy atom. The molecule has 9 heteroatoms. The number of carbonyl (C=O) groups excluding carboxylic acids is 2. The molecule has 1 aliphatic heterocycles. The minimum Gasteiger partial charge on any atom is -0.379 e. The Morgan fingerprint density at radius 3 is 2.44 bits per heavy atom. The van der Waals surface area contributed by atoms with Crippen LogP contribution in [0.25, 0.3) is 0 Å². The molecular formula is C16H20N6O3. The zero-order valence-electron chi connectivity index (χ0n) is 14.2. The topological polar surface area (TPSA) is 118 Å². The first-order valence-electron chi connectivity index (χ1n) is 7.96. The van der Waals surface area contributed by atoms with Crippen molar-refractivity contribution in [2.75, 3.05) is 37.2 Å². The highest BCUT2D eigenvalue weighted by Crippen LogP contribution is 2.18. The summed E-state index contributed by atoms with van der Waals surface area (Å²) in [5.41, 5.74) is 8.43. The van der Waals surface area contributed by atoms with E-state index in [1.165, 1.54) is 0 Å². The Kier molecular flexibility index (Phi) is 4.55. The van der Waals surface area contributed by atoms with Gasteiger partial charge in [0.15, 0.2) is 0 Å². The maximum absolute atomic E-state index is 12.4. The Bertz CT molecular complexity index is 795. The van der Waals surface area contributed by atoms with Gasteiger partial charge in [0.2, 0.25) is 11.5 Å². The summed E-state index contributed by atoms with van der Waals surface area (Å²) < 4.78 is 4.46. The first-order chi connectivity index (χ1) is 12.0. The van der Waals surface area contributed by atoms with Gasteiger partial charge in [0, 0.05) is 31.9 Å². The Labute approximate surface area is 144 Å². The molecule has 9 nitrogen and oxygen atoms in total. The van der Waals surface area contributed by atoms with Gasteiger partial charge in [-0.05, 0) is 41.4 Å². The number of nitrogens with one attached hydrogen (secondary N) is 1. The highest BCUT2D eigenvalue weighted by Gasteiger charge is 2.28. The van der Waals surface area contributed by atoms with Crippen molar-refractivity contribution in [1.82, 2.24) is 20.1 Å². The van der Waals surface area contributed by atoms with Gasteiger partial charge in [0.25, 0.3) is 5.91 Å². The summed E-state index contributed by atoms with van der Waals surface area (Å²) in [4.78, 5) is 28.0. The van der Waals surface area contributed by atoms with Crippen LogP contribution in [0.3, 0.4) is 0 Å². The Morgan fingerprint density at radius 2 is 1.80 bits per heavy atom. The minimum absolute atomic E-state index is 0.00767. The van der Waals surface area contributed by atoms with E-state index in [0.717, 1.165) is 16.8 Å². The van der Waals surface area contributed by atoms with Gasteiger partial charge in [-0.2, -0.15) is 0 Å². The van der Waals surface area contributed by atoms with Crippen molar-refractivity contribution in [3.05, 3.63) is 35.0 Å². The van der Waals surface area contributed by atoms with Gasteiger partial charge in [-0.3, -0.25) is 4.79 Å². The van der Waals surface area contributed by atoms with Crippen LogP contribution in [-0.2, 0) is 0 Å². The SMILES string of the molecule is Cc1ccc(C)c(NC(=O)N2CCN(C(=O)c3nonc3N)CC2)c1. The third-order valence-electron chi connectivity index (χ3n) is 4.21. The van der Waals surface area contributed by atoms with E-state index in [0.29, 0.717) is 26.2 Å². The number of rotatable bonds is 2. The standard InChI is InChI=1S/C16H20N6O3/c1-10-3-4-11(2)12(9-10)18-16(24)22-7-5-21(6-8-22)15(23)13-14(17)20-25-19-13/h3-4,9H,5-8H2,1-2H3,(H2,17,20)(H,18,24). The van der Waals surface area contributed by atoms with E-state index >= 15 is 0 Å². The number of amides is 3. The fourth-order valence-corrected chi connectivity index (χ4v) is 2.67. The normalized spacial score (nSPS) is 14.5. The van der Waals surface area contributed by atoms with Crippen molar-refractivity contribution in [2.45, 2.75) is 13.8 Å². The first-order valence-corrected chi connectivity index (χ1v) is 7.96. The first kappa shape index (κ1) is 16.7. The molecule has 2 aromatic rings. The second kappa shape index (κ2) is 6.80. The molecule has 2 heterocycles. The third-order valence-corrected chi connectivity index (χ3v) is 4.21. The monoisotopic (exact) mass is 344 g/mol. The molecule has 3 N–H and O–H groups in total. The number of anilines is 2. The van der Waals surface area contributed by atoms with Gasteiger partial charge in [-0.1, -0.05) is 12.1 Å². The second-order valence-electron chi connectivity index (χ2n) is 6.03. The maximum Gasteiger partial charge on any atom is 0.321 e. The minimum atomic E-state index is -0.340. The summed E-state index contributed by atoms with van der Waals surface area (Å²) in [6, 6.07) is 5.73. The quantitative estimate of drug-likeness (QED) is 0.847. The summed E-state index contributed by atoms with van der Waals surface area (Å²) in [5, 5.41) is 9.86. The third kappa shape index (κ3) is 3.54. The summed E-state index contributed by atoms with van der Waals surface area (Å²) in [6.45, 7) is 5.56. The van der Waals surface area contributed by atoms with Crippen LogP contribution in [0.15, 0.2) is 22.8 Å². The largest absolute Gasteiger partial charge is 0.379 e. The molecule has 0 radical (unpaired) electrons. The molecule has 25 heavy (non-hydrogen) atoms. The Balaban J connectivity index is 1.58. The number of nitrogen functional groups attached to an aromatic ring is 1. The van der Waals surface area contributed by atoms with E-state index in [9.17, 15) is 9.59 Å². The summed E-state index contributed by atoms with van der Waals surface area (Å²) in [5.74, 6) is -0.367. The molecule has 132 valence electrons. The highest BCUT2D eigenvalue weighted by atomic mass is 16.6. The zero-order valence-corrected chi connectivity index (χ0v) is 14.2. The summed E-state index contributed by atoms with van der Waals surface area (Å²) >= 11 is 0. The van der Waals surface area contributed by atoms with Crippen molar-refractivity contribution in [3.8, 4) is 0 Å². The number of aryl methyl sites for hydroxylation is 2. The van der Waals surface area contributed by atoms with Gasteiger partial charge in [-0.25, -0.2) is 9.42 Å². The number of benzene rings is 1. The average molecular weight is 344 g/mol. The van der Waals surface area contributed by atoms with Gasteiger partial charge in [0.05, 0.1) is 0 Å². The molecule has 1 aromatic heterocycles. The zero-order chi connectivity index (χ0) is 18.0. The predicted octanol–water partition coefficient (Wildman–Crippen LogP) is 1.26. The number of aromatic nitrogens is 2. The number of hydrogen-bond acceptors (Lipinski definition) is 6. The van der Waals surface area contributed by atoms with Crippen molar-refractivity contribution in [2.24, 2.45) is 0 Å². The van der Waals surface area contributed by atoms with E-state index in [4.69, 9.17) is 5.73 Å². The van der Waals surface area contributed by atoms with Crippen molar-refractivity contribution >= 4 is 23.4 Å². The number of hydrogen-bond donors (Lipinski definition) is 2. The van der Waals surface area contributed by atoms with E-state index in [1.807, 2.05) is 32.0 Å². The van der Waals surface area contributed by atoms with Crippen LogP contribution < -0.4 is 11.1 Å². The van der Waals surface area contributed by atoms with Crippen molar-refractivity contribution in [1.29, 1.82) is 0 Å². The van der Waals surface area contributed by atoms with Crippen LogP contribution in [0.5, 0.6) is 0 Å². The highest BCUT2D eigenvalue weighted by molar-refractivity contribution is 5.96. The lowest BCUT2D eigenvalue weighted by Gasteiger charge is -2.34. The summed E-state index contributed by atoms with van der Waals surface area (Å²) in [6.07, 6.45) is 0. The molecule has 0 saturated carbocycles. The van der Waals surface area contributed by atoms with Crippen LogP contribution in [0.1, 0.15) is 21.6 Å². The molecule has 1 saturated heterocycles. The van der Waals surface area contributed by atoms with E-state index in [2.05, 4.69) is 20.3 Å². The van der Waals surface area contributed by atoms with Crippen LogP contribution in [0, 0.1) is 13.8 Å². The molecule has 3 rings (SSSR count). The number of nitrogens with zero attached hydrogens (tertiary/aromatic N) is 4. The predicted molar refractivity (Wildman–Crippen MR) is 91.1 cm³/mol. The van der Waals surface area contributed by atoms with Crippen LogP contribution in [0.2, 0.25) is 0 Å². The smallest absolute Gasteiger partial charge is 0.321 e. The van der Waals surface area contributed by atoms with Crippen LogP contribution in [0.4, 0.5) is 16.3 Å². The maximum atomic E-state index is 12.4. The van der Waals surface area contributed by atoms with Crippen molar-refractivity contribution < 1.29 is 14.2 Å². The van der Waals surface area contributed by atoms with Gasteiger partial charge < -0.3 is 20.9 Å². The molecular weight excluding hydrogens is 324 g/mol. The van der Waals surface area contributed by atoms with E-state index in [-0.39, 0.29) is 23.5 Å². The lowest BCUT2D eigenvalue weighted by molar-refractivity contribution is 0.0661.